The largest absolute Gasteiger partial charge is 0.338 e. The topological polar surface area (TPSA) is 49.6 Å². The van der Waals surface area contributed by atoms with Crippen molar-refractivity contribution in [1.29, 1.82) is 0 Å². The molecule has 0 unspecified atom stereocenters. The van der Waals surface area contributed by atoms with Gasteiger partial charge in [0.05, 0.1) is 11.9 Å². The van der Waals surface area contributed by atoms with Crippen molar-refractivity contribution in [2.24, 2.45) is 9.98 Å². The lowest BCUT2D eigenvalue weighted by Crippen LogP contribution is -2.14. The number of fused-ring (bicyclic) bond motifs is 1. The van der Waals surface area contributed by atoms with Crippen LogP contribution in [0.2, 0.25) is 0 Å². The van der Waals surface area contributed by atoms with Crippen LogP contribution in [-0.4, -0.2) is 23.6 Å². The minimum Gasteiger partial charge on any atom is -0.338 e. The van der Waals surface area contributed by atoms with Gasteiger partial charge in [0.25, 0.3) is 0 Å². The average molecular weight is 292 g/mol. The van der Waals surface area contributed by atoms with Gasteiger partial charge < -0.3 is 5.32 Å². The average Bonchev–Trinajstić information content (AvgIpc) is 2.61. The van der Waals surface area contributed by atoms with E-state index in [1.807, 2.05) is 32.2 Å². The second kappa shape index (κ2) is 6.80. The molecule has 0 radical (unpaired) electrons. The minimum atomic E-state index is 0.736. The van der Waals surface area contributed by atoms with Gasteiger partial charge in [-0.05, 0) is 25.5 Å². The Labute approximate surface area is 131 Å². The van der Waals surface area contributed by atoms with E-state index in [9.17, 15) is 0 Å². The summed E-state index contributed by atoms with van der Waals surface area (Å²) >= 11 is 0. The SMILES string of the molecule is C=C/C=C1/C(=C)/C(=C\N=C(C)C)c2ccncc2NC1=NC. The monoisotopic (exact) mass is 292 g/mol. The van der Waals surface area contributed by atoms with Crippen LogP contribution in [0.4, 0.5) is 5.69 Å². The lowest BCUT2D eigenvalue weighted by molar-refractivity contribution is 1.31. The molecule has 2 rings (SSSR count). The van der Waals surface area contributed by atoms with Crippen molar-refractivity contribution < 1.29 is 0 Å². The van der Waals surface area contributed by atoms with Gasteiger partial charge in [0.2, 0.25) is 0 Å². The van der Waals surface area contributed by atoms with Crippen LogP contribution < -0.4 is 5.32 Å². The first-order valence-corrected chi connectivity index (χ1v) is 7.00. The molecule has 1 aromatic rings. The number of anilines is 1. The van der Waals surface area contributed by atoms with Crippen LogP contribution in [0, 0.1) is 0 Å². The Kier molecular flexibility index (Phi) is 4.84. The Bertz CT molecular complexity index is 729. The second-order valence-corrected chi connectivity index (χ2v) is 5.03. The van der Waals surface area contributed by atoms with Crippen molar-refractivity contribution >= 4 is 22.8 Å². The molecule has 2 heterocycles. The molecule has 4 nitrogen and oxygen atoms in total. The molecule has 112 valence electrons. The smallest absolute Gasteiger partial charge is 0.133 e. The maximum absolute atomic E-state index is 4.44. The molecule has 0 atom stereocenters. The van der Waals surface area contributed by atoms with Crippen molar-refractivity contribution in [2.75, 3.05) is 12.4 Å². The predicted octanol–water partition coefficient (Wildman–Crippen LogP) is 4.03. The van der Waals surface area contributed by atoms with E-state index in [0.29, 0.717) is 0 Å². The number of nitrogens with one attached hydrogen (secondary N) is 1. The molecular formula is C18H20N4. The van der Waals surface area contributed by atoms with Gasteiger partial charge in [-0.25, -0.2) is 0 Å². The molecule has 0 aliphatic carbocycles. The Hall–Kier alpha value is -2.75. The number of allylic oxidation sites excluding steroid dienone is 3. The lowest BCUT2D eigenvalue weighted by Gasteiger charge is -2.10. The van der Waals surface area contributed by atoms with E-state index in [1.165, 1.54) is 0 Å². The molecule has 22 heavy (non-hydrogen) atoms. The van der Waals surface area contributed by atoms with Crippen molar-refractivity contribution in [3.8, 4) is 0 Å². The van der Waals surface area contributed by atoms with Gasteiger partial charge in [0.1, 0.15) is 5.84 Å². The van der Waals surface area contributed by atoms with E-state index in [1.54, 1.807) is 25.5 Å². The highest BCUT2D eigenvalue weighted by atomic mass is 15.0. The highest BCUT2D eigenvalue weighted by Gasteiger charge is 2.22. The quantitative estimate of drug-likeness (QED) is 0.837. The molecule has 0 spiro atoms. The van der Waals surface area contributed by atoms with Crippen molar-refractivity contribution in [2.45, 2.75) is 13.8 Å². The van der Waals surface area contributed by atoms with Gasteiger partial charge in [-0.15, -0.1) is 0 Å². The number of rotatable bonds is 2. The predicted molar refractivity (Wildman–Crippen MR) is 95.4 cm³/mol. The Morgan fingerprint density at radius 1 is 1.32 bits per heavy atom. The number of pyridine rings is 1. The summed E-state index contributed by atoms with van der Waals surface area (Å²) in [5.41, 5.74) is 5.54. The molecule has 0 saturated heterocycles. The molecular weight excluding hydrogens is 272 g/mol. The fraction of sp³-hybridized carbons (Fsp3) is 0.167. The van der Waals surface area contributed by atoms with Crippen molar-refractivity contribution in [1.82, 2.24) is 4.98 Å². The summed E-state index contributed by atoms with van der Waals surface area (Å²) in [4.78, 5) is 12.9. The molecule has 0 saturated carbocycles. The Morgan fingerprint density at radius 3 is 2.73 bits per heavy atom. The van der Waals surface area contributed by atoms with Gasteiger partial charge in [-0.2, -0.15) is 0 Å². The van der Waals surface area contributed by atoms with E-state index in [4.69, 9.17) is 0 Å². The third-order valence-corrected chi connectivity index (χ3v) is 3.23. The van der Waals surface area contributed by atoms with E-state index < -0.39 is 0 Å². The number of aromatic nitrogens is 1. The normalized spacial score (nSPS) is 19.6. The van der Waals surface area contributed by atoms with E-state index >= 15 is 0 Å². The van der Waals surface area contributed by atoms with Gasteiger partial charge in [-0.1, -0.05) is 25.3 Å². The van der Waals surface area contributed by atoms with Gasteiger partial charge >= 0.3 is 0 Å². The molecule has 0 bridgehead atoms. The highest BCUT2D eigenvalue weighted by Crippen LogP contribution is 2.36. The maximum atomic E-state index is 4.44. The van der Waals surface area contributed by atoms with E-state index in [2.05, 4.69) is 33.4 Å². The van der Waals surface area contributed by atoms with Crippen LogP contribution in [0.5, 0.6) is 0 Å². The van der Waals surface area contributed by atoms with Gasteiger partial charge in [0.15, 0.2) is 0 Å². The lowest BCUT2D eigenvalue weighted by atomic mass is 9.95. The summed E-state index contributed by atoms with van der Waals surface area (Å²) in [6.07, 6.45) is 9.00. The Balaban J connectivity index is 2.73. The molecule has 0 amide bonds. The number of hydrogen-bond acceptors (Lipinski definition) is 3. The van der Waals surface area contributed by atoms with E-state index in [0.717, 1.165) is 39.5 Å². The molecule has 4 heteroatoms. The third-order valence-electron chi connectivity index (χ3n) is 3.23. The summed E-state index contributed by atoms with van der Waals surface area (Å²) < 4.78 is 0. The molecule has 1 aliphatic heterocycles. The first kappa shape index (κ1) is 15.6. The first-order chi connectivity index (χ1) is 10.6. The molecule has 0 aromatic carbocycles. The van der Waals surface area contributed by atoms with Crippen LogP contribution >= 0.6 is 0 Å². The molecule has 1 aromatic heterocycles. The number of hydrogen-bond donors (Lipinski definition) is 1. The summed E-state index contributed by atoms with van der Waals surface area (Å²) in [5, 5.41) is 3.31. The maximum Gasteiger partial charge on any atom is 0.133 e. The third kappa shape index (κ3) is 3.11. The summed E-state index contributed by atoms with van der Waals surface area (Å²) in [5.74, 6) is 0.736. The molecule has 1 N–H and O–H groups in total. The second-order valence-electron chi connectivity index (χ2n) is 5.03. The van der Waals surface area contributed by atoms with E-state index in [-0.39, 0.29) is 0 Å². The molecule has 1 aliphatic rings. The number of amidine groups is 1. The zero-order valence-electron chi connectivity index (χ0n) is 13.2. The van der Waals surface area contributed by atoms with Gasteiger partial charge in [0, 0.05) is 41.9 Å². The van der Waals surface area contributed by atoms with Crippen LogP contribution in [0.3, 0.4) is 0 Å². The van der Waals surface area contributed by atoms with Crippen LogP contribution in [-0.2, 0) is 0 Å². The van der Waals surface area contributed by atoms with Crippen molar-refractivity contribution in [3.63, 3.8) is 0 Å². The van der Waals surface area contributed by atoms with Crippen LogP contribution in [0.25, 0.3) is 5.57 Å². The summed E-state index contributed by atoms with van der Waals surface area (Å²) in [7, 11) is 1.74. The molecule has 0 fully saturated rings. The zero-order valence-corrected chi connectivity index (χ0v) is 13.2. The van der Waals surface area contributed by atoms with Crippen LogP contribution in [0.15, 0.2) is 71.1 Å². The fourth-order valence-electron chi connectivity index (χ4n) is 2.19. The van der Waals surface area contributed by atoms with Gasteiger partial charge in [-0.3, -0.25) is 15.0 Å². The fourth-order valence-corrected chi connectivity index (χ4v) is 2.19. The zero-order chi connectivity index (χ0) is 16.1. The number of nitrogens with zero attached hydrogens (tertiary/aromatic N) is 3. The van der Waals surface area contributed by atoms with Crippen molar-refractivity contribution in [3.05, 3.63) is 66.7 Å². The summed E-state index contributed by atoms with van der Waals surface area (Å²) in [6.45, 7) is 11.9. The highest BCUT2D eigenvalue weighted by molar-refractivity contribution is 6.17. The summed E-state index contributed by atoms with van der Waals surface area (Å²) in [6, 6.07) is 1.95. The van der Waals surface area contributed by atoms with Crippen LogP contribution in [0.1, 0.15) is 19.4 Å². The minimum absolute atomic E-state index is 0.736. The number of aliphatic imine (C=N–C) groups is 2. The first-order valence-electron chi connectivity index (χ1n) is 7.00. The Morgan fingerprint density at radius 2 is 2.09 bits per heavy atom. The standard InChI is InChI=1S/C18H20N4/c1-6-7-14-13(4)16(10-21-12(2)3)15-8-9-20-11-17(15)22-18(14)19-5/h6-11H,1,4H2,2-3,5H3,(H,19,22)/b14-7-,16-10+.